The summed E-state index contributed by atoms with van der Waals surface area (Å²) in [5.41, 5.74) is 1.77. The Morgan fingerprint density at radius 2 is 1.64 bits per heavy atom. The van der Waals surface area contributed by atoms with Crippen molar-refractivity contribution < 1.29 is 9.59 Å². The molecule has 2 aromatic rings. The van der Waals surface area contributed by atoms with Crippen molar-refractivity contribution in [3.63, 3.8) is 0 Å². The second-order valence-corrected chi connectivity index (χ2v) is 7.61. The molecule has 0 fully saturated rings. The van der Waals surface area contributed by atoms with E-state index in [1.165, 1.54) is 6.08 Å². The molecule has 7 nitrogen and oxygen atoms in total. The highest BCUT2D eigenvalue weighted by Crippen LogP contribution is 2.17. The third kappa shape index (κ3) is 7.15. The van der Waals surface area contributed by atoms with Crippen molar-refractivity contribution in [2.24, 2.45) is 4.99 Å². The van der Waals surface area contributed by atoms with Crippen LogP contribution in [-0.2, 0) is 0 Å². The van der Waals surface area contributed by atoms with Crippen molar-refractivity contribution >= 4 is 41.7 Å². The smallest absolute Gasteiger partial charge is 0.258 e. The van der Waals surface area contributed by atoms with Crippen molar-refractivity contribution in [1.82, 2.24) is 10.2 Å². The van der Waals surface area contributed by atoms with E-state index in [9.17, 15) is 9.59 Å². The van der Waals surface area contributed by atoms with E-state index in [1.807, 2.05) is 18.7 Å². The van der Waals surface area contributed by atoms with E-state index in [2.05, 4.69) is 22.3 Å². The molecule has 0 aliphatic heterocycles. The monoisotopic (exact) mass is 465 g/mol. The lowest BCUT2D eigenvalue weighted by molar-refractivity contribution is 0.0966. The van der Waals surface area contributed by atoms with Crippen LogP contribution in [-0.4, -0.2) is 42.4 Å². The van der Waals surface area contributed by atoms with Crippen LogP contribution in [0.15, 0.2) is 76.5 Å². The Bertz CT molecular complexity index is 1080. The quantitative estimate of drug-likeness (QED) is 0.275. The van der Waals surface area contributed by atoms with E-state index in [0.29, 0.717) is 22.1 Å². The molecule has 0 spiro atoms. The number of hydrogen-bond donors (Lipinski definition) is 3. The van der Waals surface area contributed by atoms with Crippen molar-refractivity contribution in [2.75, 3.05) is 18.4 Å². The molecule has 3 N–H and O–H groups in total. The van der Waals surface area contributed by atoms with E-state index < -0.39 is 5.91 Å². The lowest BCUT2D eigenvalue weighted by atomic mass is 10.1. The van der Waals surface area contributed by atoms with Crippen LogP contribution < -0.4 is 10.6 Å². The fourth-order valence-electron chi connectivity index (χ4n) is 3.00. The number of benzene rings is 2. The molecule has 0 aliphatic carbocycles. The van der Waals surface area contributed by atoms with Gasteiger partial charge < -0.3 is 15.5 Å². The first-order valence-corrected chi connectivity index (χ1v) is 10.8. The molecule has 0 unspecified atom stereocenters. The van der Waals surface area contributed by atoms with Crippen LogP contribution >= 0.6 is 11.6 Å². The average molecular weight is 466 g/mol. The van der Waals surface area contributed by atoms with Crippen molar-refractivity contribution in [3.05, 3.63) is 88.2 Å². The molecule has 172 valence electrons. The van der Waals surface area contributed by atoms with Gasteiger partial charge in [0.2, 0.25) is 0 Å². The first kappa shape index (κ1) is 25.5. The van der Waals surface area contributed by atoms with Gasteiger partial charge in [-0.2, -0.15) is 0 Å². The highest BCUT2D eigenvalue weighted by atomic mass is 35.5. The van der Waals surface area contributed by atoms with Gasteiger partial charge in [0.15, 0.2) is 0 Å². The third-order valence-corrected chi connectivity index (χ3v) is 4.93. The topological polar surface area (TPSA) is 97.6 Å². The minimum absolute atomic E-state index is 0.229. The van der Waals surface area contributed by atoms with Gasteiger partial charge in [0.25, 0.3) is 11.8 Å². The maximum Gasteiger partial charge on any atom is 0.258 e. The number of anilines is 1. The largest absolute Gasteiger partial charge is 0.357 e. The van der Waals surface area contributed by atoms with Crippen LogP contribution in [0.1, 0.15) is 47.1 Å². The van der Waals surface area contributed by atoms with E-state index in [1.54, 1.807) is 61.5 Å². The molecule has 0 radical (unpaired) electrons. The number of carbonyl (C=O) groups excluding carboxylic acids is 2. The molecule has 0 saturated heterocycles. The standard InChI is InChI=1S/C25H28ClN5O2/c1-5-31(6-2)23(27)18-12-14-19(15-13-18)24(32)29-21-10-8-7-9-20(21)25(33)30-22(28-4)16-11-17(3)26/h7-16,27H,4-6H2,1-3H3,(H,29,32)(H,30,33)/b17-11+,22-16+,27-23?. The predicted molar refractivity (Wildman–Crippen MR) is 135 cm³/mol. The summed E-state index contributed by atoms with van der Waals surface area (Å²) in [5, 5.41) is 14.2. The third-order valence-electron chi connectivity index (χ3n) is 4.80. The van der Waals surface area contributed by atoms with Gasteiger partial charge in [0.1, 0.15) is 11.7 Å². The minimum Gasteiger partial charge on any atom is -0.357 e. The Hall–Kier alpha value is -3.71. The molecule has 0 aliphatic rings. The van der Waals surface area contributed by atoms with Crippen LogP contribution in [0.2, 0.25) is 0 Å². The van der Waals surface area contributed by atoms with E-state index in [0.717, 1.165) is 18.7 Å². The molecule has 0 heterocycles. The molecule has 2 rings (SSSR count). The number of nitrogens with zero attached hydrogens (tertiary/aromatic N) is 2. The maximum atomic E-state index is 12.8. The fourth-order valence-corrected chi connectivity index (χ4v) is 3.06. The summed E-state index contributed by atoms with van der Waals surface area (Å²) in [5.74, 6) is -0.178. The Morgan fingerprint density at radius 3 is 2.21 bits per heavy atom. The second kappa shape index (κ2) is 12.4. The van der Waals surface area contributed by atoms with Gasteiger partial charge in [-0.25, -0.2) is 4.99 Å². The van der Waals surface area contributed by atoms with Gasteiger partial charge in [-0.15, -0.1) is 0 Å². The van der Waals surface area contributed by atoms with Crippen LogP contribution in [0.4, 0.5) is 5.69 Å². The van der Waals surface area contributed by atoms with Crippen molar-refractivity contribution in [3.8, 4) is 0 Å². The number of amides is 2. The number of nitrogens with one attached hydrogen (secondary N) is 3. The van der Waals surface area contributed by atoms with Gasteiger partial charge >= 0.3 is 0 Å². The first-order chi connectivity index (χ1) is 15.8. The summed E-state index contributed by atoms with van der Waals surface area (Å²) >= 11 is 5.81. The fraction of sp³-hybridized carbons (Fsp3) is 0.200. The van der Waals surface area contributed by atoms with E-state index >= 15 is 0 Å². The van der Waals surface area contributed by atoms with E-state index in [4.69, 9.17) is 17.0 Å². The van der Waals surface area contributed by atoms with Gasteiger partial charge in [-0.1, -0.05) is 35.9 Å². The molecule has 0 atom stereocenters. The average Bonchev–Trinajstić information content (AvgIpc) is 2.82. The van der Waals surface area contributed by atoms with Crippen LogP contribution in [0.25, 0.3) is 0 Å². The molecule has 0 bridgehead atoms. The summed E-state index contributed by atoms with van der Waals surface area (Å²) in [7, 11) is 0. The lowest BCUT2D eigenvalue weighted by Gasteiger charge is -2.21. The molecule has 2 aromatic carbocycles. The highest BCUT2D eigenvalue weighted by molar-refractivity contribution is 6.29. The zero-order valence-electron chi connectivity index (χ0n) is 19.0. The number of para-hydroxylation sites is 1. The molecule has 0 aromatic heterocycles. The molecular weight excluding hydrogens is 438 g/mol. The zero-order chi connectivity index (χ0) is 24.4. The highest BCUT2D eigenvalue weighted by Gasteiger charge is 2.15. The van der Waals surface area contributed by atoms with Crippen LogP contribution in [0.3, 0.4) is 0 Å². The maximum absolute atomic E-state index is 12.8. The summed E-state index contributed by atoms with van der Waals surface area (Å²) in [6, 6.07) is 13.5. The number of rotatable bonds is 9. The van der Waals surface area contributed by atoms with Gasteiger partial charge in [-0.3, -0.25) is 15.0 Å². The van der Waals surface area contributed by atoms with Crippen molar-refractivity contribution in [2.45, 2.75) is 20.8 Å². The van der Waals surface area contributed by atoms with Gasteiger partial charge in [0, 0.05) is 29.2 Å². The molecule has 33 heavy (non-hydrogen) atoms. The summed E-state index contributed by atoms with van der Waals surface area (Å²) in [4.78, 5) is 31.3. The van der Waals surface area contributed by atoms with Gasteiger partial charge in [0.05, 0.1) is 11.3 Å². The van der Waals surface area contributed by atoms with Gasteiger partial charge in [-0.05, 0) is 63.9 Å². The lowest BCUT2D eigenvalue weighted by Crippen LogP contribution is -2.30. The predicted octanol–water partition coefficient (Wildman–Crippen LogP) is 5.02. The second-order valence-electron chi connectivity index (χ2n) is 7.02. The molecule has 0 saturated carbocycles. The molecular formula is C25H28ClN5O2. The Labute approximate surface area is 199 Å². The van der Waals surface area contributed by atoms with Crippen LogP contribution in [0.5, 0.6) is 0 Å². The number of allylic oxidation sites excluding steroid dienone is 3. The summed E-state index contributed by atoms with van der Waals surface area (Å²) < 4.78 is 0. The summed E-state index contributed by atoms with van der Waals surface area (Å²) in [6.45, 7) is 10.6. The number of carbonyl (C=O) groups is 2. The number of halogens is 1. The Morgan fingerprint density at radius 1 is 1.03 bits per heavy atom. The number of aliphatic imine (C=N–C) groups is 1. The van der Waals surface area contributed by atoms with Crippen LogP contribution in [0, 0.1) is 5.41 Å². The van der Waals surface area contributed by atoms with Crippen molar-refractivity contribution in [1.29, 1.82) is 5.41 Å². The Kier molecular flexibility index (Phi) is 9.57. The van der Waals surface area contributed by atoms with E-state index in [-0.39, 0.29) is 17.3 Å². The first-order valence-electron chi connectivity index (χ1n) is 10.5. The number of amidine groups is 1. The Balaban J connectivity index is 2.18. The zero-order valence-corrected chi connectivity index (χ0v) is 19.7. The molecule has 8 heteroatoms. The SMILES string of the molecule is C=N/C(=C\C=C(/C)Cl)NC(=O)c1ccccc1NC(=O)c1ccc(C(=N)N(CC)CC)cc1. The normalized spacial score (nSPS) is 11.5. The minimum atomic E-state index is -0.451. The summed E-state index contributed by atoms with van der Waals surface area (Å²) in [6.07, 6.45) is 3.12. The number of hydrogen-bond acceptors (Lipinski definition) is 4. The molecule has 2 amide bonds.